The molecule has 0 aromatic carbocycles. The molecule has 1 saturated carbocycles. The Balaban J connectivity index is 1.67. The van der Waals surface area contributed by atoms with Gasteiger partial charge in [-0.1, -0.05) is 43.9 Å². The van der Waals surface area contributed by atoms with Crippen LogP contribution in [-0.4, -0.2) is 17.6 Å². The number of nitrogens with one attached hydrogen (secondary N) is 1. The van der Waals surface area contributed by atoms with Gasteiger partial charge in [-0.2, -0.15) is 0 Å². The number of amides is 1. The summed E-state index contributed by atoms with van der Waals surface area (Å²) >= 11 is 1.56. The molecule has 1 heterocycles. The highest BCUT2D eigenvalue weighted by Crippen LogP contribution is 2.27. The maximum atomic E-state index is 11.9. The number of aliphatic hydroxyl groups excluding tert-OH is 1. The molecule has 3 nitrogen and oxygen atoms in total. The minimum absolute atomic E-state index is 0.120. The average molecular weight is 305 g/mol. The van der Waals surface area contributed by atoms with Crippen molar-refractivity contribution in [1.82, 2.24) is 5.32 Å². The van der Waals surface area contributed by atoms with Gasteiger partial charge in [0.2, 0.25) is 5.91 Å². The third-order valence-electron chi connectivity index (χ3n) is 3.92. The Bertz CT molecular complexity index is 506. The summed E-state index contributed by atoms with van der Waals surface area (Å²) in [5, 5.41) is 11.6. The van der Waals surface area contributed by atoms with Crippen molar-refractivity contribution in [2.24, 2.45) is 5.92 Å². The first-order valence-electron chi connectivity index (χ1n) is 7.73. The fraction of sp³-hybridized carbons (Fsp3) is 0.588. The molecule has 1 aromatic heterocycles. The third kappa shape index (κ3) is 5.91. The second-order valence-corrected chi connectivity index (χ2v) is 6.71. The lowest BCUT2D eigenvalue weighted by molar-refractivity contribution is -0.121. The van der Waals surface area contributed by atoms with Crippen LogP contribution in [0.5, 0.6) is 0 Å². The number of hydrogen-bond donors (Lipinski definition) is 2. The summed E-state index contributed by atoms with van der Waals surface area (Å²) in [7, 11) is 0. The highest BCUT2D eigenvalue weighted by Gasteiger charge is 2.14. The van der Waals surface area contributed by atoms with E-state index in [1.807, 2.05) is 12.1 Å². The van der Waals surface area contributed by atoms with Crippen LogP contribution in [0.4, 0.5) is 0 Å². The maximum absolute atomic E-state index is 11.9. The van der Waals surface area contributed by atoms with Crippen LogP contribution in [0.1, 0.15) is 54.7 Å². The molecule has 1 fully saturated rings. The normalized spacial score (nSPS) is 15.3. The smallest absolute Gasteiger partial charge is 0.220 e. The Morgan fingerprint density at radius 2 is 2.14 bits per heavy atom. The van der Waals surface area contributed by atoms with Gasteiger partial charge in [0.15, 0.2) is 0 Å². The van der Waals surface area contributed by atoms with Crippen molar-refractivity contribution in [3.8, 4) is 11.8 Å². The Labute approximate surface area is 130 Å². The molecule has 0 spiro atoms. The Kier molecular flexibility index (Phi) is 6.78. The van der Waals surface area contributed by atoms with Crippen LogP contribution in [-0.2, 0) is 11.3 Å². The van der Waals surface area contributed by atoms with Gasteiger partial charge in [-0.05, 0) is 24.5 Å². The number of carbonyl (C=O) groups is 1. The standard InChI is InChI=1S/C17H23NO2S/c19-12-4-7-15-9-10-16(21-15)13-18-17(20)11-8-14-5-2-1-3-6-14/h9-10,14,19H,1-3,5-6,8,11-13H2,(H,18,20). The topological polar surface area (TPSA) is 49.3 Å². The number of carbonyl (C=O) groups excluding carboxylic acids is 1. The van der Waals surface area contributed by atoms with E-state index in [4.69, 9.17) is 5.11 Å². The largest absolute Gasteiger partial charge is 0.384 e. The highest BCUT2D eigenvalue weighted by atomic mass is 32.1. The number of rotatable bonds is 5. The van der Waals surface area contributed by atoms with Gasteiger partial charge in [-0.15, -0.1) is 11.3 Å². The number of thiophene rings is 1. The van der Waals surface area contributed by atoms with Crippen LogP contribution in [0.2, 0.25) is 0 Å². The van der Waals surface area contributed by atoms with E-state index in [2.05, 4.69) is 17.2 Å². The number of aliphatic hydroxyl groups is 1. The van der Waals surface area contributed by atoms with Gasteiger partial charge in [-0.25, -0.2) is 0 Å². The van der Waals surface area contributed by atoms with Gasteiger partial charge in [0.05, 0.1) is 11.4 Å². The first kappa shape index (κ1) is 16.1. The van der Waals surface area contributed by atoms with E-state index in [0.717, 1.165) is 22.1 Å². The summed E-state index contributed by atoms with van der Waals surface area (Å²) in [5.74, 6) is 6.41. The van der Waals surface area contributed by atoms with E-state index in [-0.39, 0.29) is 12.5 Å². The predicted octanol–water partition coefficient (Wildman–Crippen LogP) is 3.07. The first-order valence-corrected chi connectivity index (χ1v) is 8.54. The van der Waals surface area contributed by atoms with Crippen LogP contribution in [0.3, 0.4) is 0 Å². The molecule has 0 saturated heterocycles. The third-order valence-corrected chi connectivity index (χ3v) is 4.92. The lowest BCUT2D eigenvalue weighted by Crippen LogP contribution is -2.23. The summed E-state index contributed by atoms with van der Waals surface area (Å²) in [6.45, 7) is 0.458. The Morgan fingerprint density at radius 3 is 2.90 bits per heavy atom. The molecule has 1 aromatic rings. The lowest BCUT2D eigenvalue weighted by atomic mass is 9.86. The van der Waals surface area contributed by atoms with Gasteiger partial charge >= 0.3 is 0 Å². The van der Waals surface area contributed by atoms with Crippen LogP contribution in [0.25, 0.3) is 0 Å². The van der Waals surface area contributed by atoms with E-state index in [0.29, 0.717) is 13.0 Å². The second kappa shape index (κ2) is 8.86. The summed E-state index contributed by atoms with van der Waals surface area (Å²) in [6.07, 6.45) is 8.30. The zero-order valence-corrected chi connectivity index (χ0v) is 13.2. The van der Waals surface area contributed by atoms with Crippen molar-refractivity contribution in [2.45, 2.75) is 51.5 Å². The van der Waals surface area contributed by atoms with Crippen LogP contribution >= 0.6 is 11.3 Å². The molecule has 1 aliphatic rings. The van der Waals surface area contributed by atoms with E-state index in [1.165, 1.54) is 32.1 Å². The van der Waals surface area contributed by atoms with E-state index >= 15 is 0 Å². The second-order valence-electron chi connectivity index (χ2n) is 5.55. The molecule has 0 bridgehead atoms. The van der Waals surface area contributed by atoms with Gasteiger partial charge in [-0.3, -0.25) is 4.79 Å². The molecular weight excluding hydrogens is 282 g/mol. The molecule has 21 heavy (non-hydrogen) atoms. The molecule has 2 rings (SSSR count). The van der Waals surface area contributed by atoms with E-state index < -0.39 is 0 Å². The molecule has 2 N–H and O–H groups in total. The minimum atomic E-state index is -0.120. The SMILES string of the molecule is O=C(CCC1CCCCC1)NCc1ccc(C#CCO)s1. The van der Waals surface area contributed by atoms with E-state index in [1.54, 1.807) is 11.3 Å². The van der Waals surface area contributed by atoms with Crippen LogP contribution in [0, 0.1) is 17.8 Å². The summed E-state index contributed by atoms with van der Waals surface area (Å²) in [4.78, 5) is 13.9. The lowest BCUT2D eigenvalue weighted by Gasteiger charge is -2.20. The van der Waals surface area contributed by atoms with Crippen LogP contribution in [0.15, 0.2) is 12.1 Å². The van der Waals surface area contributed by atoms with Crippen molar-refractivity contribution < 1.29 is 9.90 Å². The van der Waals surface area contributed by atoms with Gasteiger partial charge in [0.1, 0.15) is 6.61 Å². The molecule has 0 unspecified atom stereocenters. The maximum Gasteiger partial charge on any atom is 0.220 e. The van der Waals surface area contributed by atoms with Crippen molar-refractivity contribution in [3.63, 3.8) is 0 Å². The molecule has 1 amide bonds. The molecule has 0 aliphatic heterocycles. The zero-order valence-electron chi connectivity index (χ0n) is 12.4. The molecule has 0 radical (unpaired) electrons. The van der Waals surface area contributed by atoms with E-state index in [9.17, 15) is 4.79 Å². The Hall–Kier alpha value is -1.31. The molecular formula is C17H23NO2S. The van der Waals surface area contributed by atoms with Gasteiger partial charge < -0.3 is 10.4 Å². The Morgan fingerprint density at radius 1 is 1.33 bits per heavy atom. The minimum Gasteiger partial charge on any atom is -0.384 e. The van der Waals surface area contributed by atoms with Crippen LogP contribution < -0.4 is 5.32 Å². The van der Waals surface area contributed by atoms with Crippen molar-refractivity contribution in [2.75, 3.05) is 6.61 Å². The first-order chi connectivity index (χ1) is 10.3. The zero-order chi connectivity index (χ0) is 14.9. The van der Waals surface area contributed by atoms with Crippen molar-refractivity contribution in [3.05, 3.63) is 21.9 Å². The number of hydrogen-bond acceptors (Lipinski definition) is 3. The molecule has 0 atom stereocenters. The summed E-state index contributed by atoms with van der Waals surface area (Å²) < 4.78 is 0. The van der Waals surface area contributed by atoms with Gasteiger partial charge in [0, 0.05) is 11.3 Å². The monoisotopic (exact) mass is 305 g/mol. The molecule has 114 valence electrons. The molecule has 1 aliphatic carbocycles. The summed E-state index contributed by atoms with van der Waals surface area (Å²) in [6, 6.07) is 3.91. The highest BCUT2D eigenvalue weighted by molar-refractivity contribution is 7.12. The van der Waals surface area contributed by atoms with Gasteiger partial charge in [0.25, 0.3) is 0 Å². The fourth-order valence-corrected chi connectivity index (χ4v) is 3.57. The summed E-state index contributed by atoms with van der Waals surface area (Å²) in [5.41, 5.74) is 0. The molecule has 4 heteroatoms. The van der Waals surface area contributed by atoms with Crippen molar-refractivity contribution in [1.29, 1.82) is 0 Å². The quantitative estimate of drug-likeness (QED) is 0.821. The average Bonchev–Trinajstić information content (AvgIpc) is 2.98. The fourth-order valence-electron chi connectivity index (χ4n) is 2.75. The van der Waals surface area contributed by atoms with Crippen molar-refractivity contribution >= 4 is 17.2 Å². The predicted molar refractivity (Wildman–Crippen MR) is 85.9 cm³/mol.